The molecule has 0 radical (unpaired) electrons. The zero-order valence-corrected chi connectivity index (χ0v) is 20.4. The highest BCUT2D eigenvalue weighted by Crippen LogP contribution is 2.54. The highest BCUT2D eigenvalue weighted by atomic mass is 35.5. The minimum absolute atomic E-state index is 0.0399. The second kappa shape index (κ2) is 7.86. The Hall–Kier alpha value is -4.28. The van der Waals surface area contributed by atoms with Crippen LogP contribution in [0.2, 0.25) is 5.02 Å². The third-order valence-corrected chi connectivity index (χ3v) is 8.02. The molecule has 0 bridgehead atoms. The van der Waals surface area contributed by atoms with E-state index in [1.54, 1.807) is 42.5 Å². The van der Waals surface area contributed by atoms with Crippen molar-refractivity contribution in [3.63, 3.8) is 0 Å². The molecule has 0 unspecified atom stereocenters. The monoisotopic (exact) mass is 533 g/mol. The number of rotatable bonds is 3. The first-order valence-corrected chi connectivity index (χ1v) is 12.3. The summed E-state index contributed by atoms with van der Waals surface area (Å²) >= 11 is 6.31. The molecule has 2 fully saturated rings. The van der Waals surface area contributed by atoms with Gasteiger partial charge in [0.15, 0.2) is 23.0 Å². The summed E-state index contributed by atoms with van der Waals surface area (Å²) in [5, 5.41) is 26.3. The smallest absolute Gasteiger partial charge is 0.250 e. The largest absolute Gasteiger partial charge is 0.504 e. The Morgan fingerprint density at radius 1 is 0.947 bits per heavy atom. The quantitative estimate of drug-likeness (QED) is 0.298. The first-order chi connectivity index (χ1) is 18.3. The minimum Gasteiger partial charge on any atom is -0.504 e. The number of phenolic OH excluding ortho intramolecular Hbond substituents is 2. The third kappa shape index (κ3) is 3.01. The summed E-state index contributed by atoms with van der Waals surface area (Å²) in [7, 11) is 0. The second-order valence-electron chi connectivity index (χ2n) is 9.78. The van der Waals surface area contributed by atoms with Gasteiger partial charge in [0.1, 0.15) is 5.54 Å². The standard InChI is InChI=1S/C27H20ClN3O7/c28-13-2-4-16-15(9-13)27(26(36)29-16)23-22(17(30-27)7-12-1-5-18(32)19(33)8-12)24(34)31(25(23)35)14-3-6-20-21(10-14)38-11-37-20/h1-6,8-10,17,22-23,30,32-33H,7,11H2,(H,29,36)/t17-,22-,23+,27+/m1/s1. The van der Waals surface area contributed by atoms with E-state index in [0.717, 1.165) is 4.90 Å². The number of halogens is 1. The van der Waals surface area contributed by atoms with Crippen molar-refractivity contribution in [2.24, 2.45) is 11.8 Å². The molecule has 7 rings (SSSR count). The van der Waals surface area contributed by atoms with E-state index in [1.165, 1.54) is 12.1 Å². The number of anilines is 2. The number of nitrogens with one attached hydrogen (secondary N) is 2. The van der Waals surface area contributed by atoms with Crippen molar-refractivity contribution in [3.05, 3.63) is 70.7 Å². The summed E-state index contributed by atoms with van der Waals surface area (Å²) in [5.74, 6) is -3.05. The molecule has 4 aliphatic rings. The summed E-state index contributed by atoms with van der Waals surface area (Å²) in [6.45, 7) is 0.0399. The fourth-order valence-electron chi connectivity index (χ4n) is 6.18. The van der Waals surface area contributed by atoms with E-state index in [9.17, 15) is 24.6 Å². The van der Waals surface area contributed by atoms with E-state index in [0.29, 0.717) is 39.0 Å². The van der Waals surface area contributed by atoms with Gasteiger partial charge in [-0.3, -0.25) is 19.7 Å². The molecule has 4 heterocycles. The predicted molar refractivity (Wildman–Crippen MR) is 134 cm³/mol. The van der Waals surface area contributed by atoms with Crippen molar-refractivity contribution < 1.29 is 34.1 Å². The van der Waals surface area contributed by atoms with Crippen molar-refractivity contribution in [2.75, 3.05) is 17.0 Å². The van der Waals surface area contributed by atoms with Gasteiger partial charge in [-0.2, -0.15) is 0 Å². The number of hydrogen-bond donors (Lipinski definition) is 4. The van der Waals surface area contributed by atoms with Crippen LogP contribution >= 0.6 is 11.6 Å². The van der Waals surface area contributed by atoms with Crippen LogP contribution in [0.3, 0.4) is 0 Å². The van der Waals surface area contributed by atoms with Gasteiger partial charge < -0.3 is 25.0 Å². The Morgan fingerprint density at radius 3 is 2.58 bits per heavy atom. The zero-order valence-electron chi connectivity index (χ0n) is 19.6. The Balaban J connectivity index is 1.36. The van der Waals surface area contributed by atoms with Gasteiger partial charge in [-0.1, -0.05) is 17.7 Å². The summed E-state index contributed by atoms with van der Waals surface area (Å²) in [6, 6.07) is 13.5. The zero-order chi connectivity index (χ0) is 26.3. The highest BCUT2D eigenvalue weighted by molar-refractivity contribution is 6.31. The number of imide groups is 1. The van der Waals surface area contributed by atoms with Crippen molar-refractivity contribution in [1.82, 2.24) is 5.32 Å². The fourth-order valence-corrected chi connectivity index (χ4v) is 6.35. The van der Waals surface area contributed by atoms with E-state index in [2.05, 4.69) is 10.6 Å². The summed E-state index contributed by atoms with van der Waals surface area (Å²) in [4.78, 5) is 42.8. The molecule has 0 aliphatic carbocycles. The van der Waals surface area contributed by atoms with Gasteiger partial charge in [0.2, 0.25) is 24.5 Å². The van der Waals surface area contributed by atoms with Crippen LogP contribution < -0.4 is 25.0 Å². The topological polar surface area (TPSA) is 137 Å². The molecule has 3 aromatic rings. The number of nitrogens with zero attached hydrogens (tertiary/aromatic N) is 1. The van der Waals surface area contributed by atoms with Crippen LogP contribution in [0.25, 0.3) is 0 Å². The normalized spacial score (nSPS) is 26.7. The molecule has 0 aromatic heterocycles. The highest BCUT2D eigenvalue weighted by Gasteiger charge is 2.70. The molecule has 3 amide bonds. The number of phenols is 2. The Kier molecular flexibility index (Phi) is 4.73. The van der Waals surface area contributed by atoms with E-state index >= 15 is 0 Å². The summed E-state index contributed by atoms with van der Waals surface area (Å²) < 4.78 is 10.8. The molecular formula is C27H20ClN3O7. The van der Waals surface area contributed by atoms with Gasteiger partial charge in [-0.15, -0.1) is 0 Å². The molecule has 4 aliphatic heterocycles. The first-order valence-electron chi connectivity index (χ1n) is 12.0. The van der Waals surface area contributed by atoms with Gasteiger partial charge >= 0.3 is 0 Å². The molecule has 4 atom stereocenters. The molecule has 2 saturated heterocycles. The molecule has 192 valence electrons. The maximum Gasteiger partial charge on any atom is 0.250 e. The van der Waals surface area contributed by atoms with Crippen LogP contribution in [0, 0.1) is 11.8 Å². The molecule has 38 heavy (non-hydrogen) atoms. The number of benzene rings is 3. The lowest BCUT2D eigenvalue weighted by Crippen LogP contribution is -2.53. The van der Waals surface area contributed by atoms with E-state index in [4.69, 9.17) is 21.1 Å². The Labute approximate surface area is 220 Å². The molecule has 11 heteroatoms. The average Bonchev–Trinajstić information content (AvgIpc) is 3.61. The van der Waals surface area contributed by atoms with Crippen LogP contribution in [0.1, 0.15) is 11.1 Å². The minimum atomic E-state index is -1.54. The van der Waals surface area contributed by atoms with Gasteiger partial charge in [-0.05, 0) is 54.4 Å². The number of carbonyl (C=O) groups excluding carboxylic acids is 3. The van der Waals surface area contributed by atoms with Gasteiger partial charge in [0.05, 0.1) is 17.5 Å². The van der Waals surface area contributed by atoms with Crippen LogP contribution in [0.5, 0.6) is 23.0 Å². The van der Waals surface area contributed by atoms with Crippen molar-refractivity contribution in [3.8, 4) is 23.0 Å². The van der Waals surface area contributed by atoms with Gasteiger partial charge in [0, 0.05) is 28.4 Å². The van der Waals surface area contributed by atoms with E-state index in [1.807, 2.05) is 0 Å². The molecule has 4 N–H and O–H groups in total. The number of ether oxygens (including phenoxy) is 2. The van der Waals surface area contributed by atoms with Gasteiger partial charge in [0.25, 0.3) is 0 Å². The van der Waals surface area contributed by atoms with Crippen molar-refractivity contribution in [2.45, 2.75) is 18.0 Å². The molecule has 1 spiro atoms. The molecule has 10 nitrogen and oxygen atoms in total. The summed E-state index contributed by atoms with van der Waals surface area (Å²) in [6.07, 6.45) is 0.202. The number of amides is 3. The predicted octanol–water partition coefficient (Wildman–Crippen LogP) is 2.65. The summed E-state index contributed by atoms with van der Waals surface area (Å²) in [5.41, 5.74) is 0.400. The average molecular weight is 534 g/mol. The maximum absolute atomic E-state index is 14.1. The first kappa shape index (κ1) is 22.9. The van der Waals surface area contributed by atoms with Crippen LogP contribution in [0.15, 0.2) is 54.6 Å². The number of carbonyl (C=O) groups is 3. The fraction of sp³-hybridized carbons (Fsp3) is 0.222. The van der Waals surface area contributed by atoms with E-state index < -0.39 is 41.1 Å². The van der Waals surface area contributed by atoms with Gasteiger partial charge in [-0.25, -0.2) is 4.90 Å². The molecular weight excluding hydrogens is 514 g/mol. The SMILES string of the molecule is O=C1[C@H]2[C@@H](C(=O)N1c1ccc3c(c1)OCO3)[C@]1(N[C@@H]2Cc2ccc(O)c(O)c2)C(=O)Nc2ccc(Cl)cc21. The number of aromatic hydroxyl groups is 2. The van der Waals surface area contributed by atoms with Crippen LogP contribution in [0.4, 0.5) is 11.4 Å². The number of hydrogen-bond acceptors (Lipinski definition) is 8. The third-order valence-electron chi connectivity index (χ3n) is 7.79. The maximum atomic E-state index is 14.1. The number of fused-ring (bicyclic) bond motifs is 5. The van der Waals surface area contributed by atoms with Crippen molar-refractivity contribution in [1.29, 1.82) is 0 Å². The van der Waals surface area contributed by atoms with Crippen molar-refractivity contribution >= 4 is 40.7 Å². The van der Waals surface area contributed by atoms with Crippen LogP contribution in [-0.2, 0) is 26.3 Å². The second-order valence-corrected chi connectivity index (χ2v) is 10.2. The molecule has 0 saturated carbocycles. The Morgan fingerprint density at radius 2 is 1.76 bits per heavy atom. The lowest BCUT2D eigenvalue weighted by Gasteiger charge is -2.29. The lowest BCUT2D eigenvalue weighted by molar-refractivity contribution is -0.130. The Bertz CT molecular complexity index is 1580. The van der Waals surface area contributed by atoms with E-state index in [-0.39, 0.29) is 24.7 Å². The molecule has 3 aromatic carbocycles. The lowest BCUT2D eigenvalue weighted by atomic mass is 9.76. The van der Waals surface area contributed by atoms with Crippen LogP contribution in [-0.4, -0.2) is 40.8 Å².